The van der Waals surface area contributed by atoms with Crippen molar-refractivity contribution in [2.75, 3.05) is 24.6 Å². The molecule has 5 rings (SSSR count). The van der Waals surface area contributed by atoms with Gasteiger partial charge in [-0.1, -0.05) is 54.2 Å². The van der Waals surface area contributed by atoms with E-state index in [0.29, 0.717) is 24.7 Å². The molecule has 1 saturated heterocycles. The summed E-state index contributed by atoms with van der Waals surface area (Å²) in [5.74, 6) is 1.91. The third-order valence-electron chi connectivity index (χ3n) is 6.24. The highest BCUT2D eigenvalue weighted by molar-refractivity contribution is 8.03. The van der Waals surface area contributed by atoms with Crippen molar-refractivity contribution < 1.29 is 14.3 Å². The zero-order valence-corrected chi connectivity index (χ0v) is 20.2. The minimum Gasteiger partial charge on any atom is -0.497 e. The summed E-state index contributed by atoms with van der Waals surface area (Å²) in [7, 11) is 1.64. The summed E-state index contributed by atoms with van der Waals surface area (Å²) >= 11 is 1.53. The van der Waals surface area contributed by atoms with E-state index in [2.05, 4.69) is 11.0 Å². The van der Waals surface area contributed by atoms with Gasteiger partial charge in [0.1, 0.15) is 18.1 Å². The summed E-state index contributed by atoms with van der Waals surface area (Å²) < 4.78 is 11.2. The molecule has 2 heterocycles. The lowest BCUT2D eigenvalue weighted by molar-refractivity contribution is -0.129. The van der Waals surface area contributed by atoms with Gasteiger partial charge in [-0.15, -0.1) is 0 Å². The van der Waals surface area contributed by atoms with Crippen LogP contribution in [0.3, 0.4) is 0 Å². The number of nitriles is 1. The van der Waals surface area contributed by atoms with E-state index < -0.39 is 0 Å². The summed E-state index contributed by atoms with van der Waals surface area (Å²) in [6.45, 7) is 0.885. The van der Waals surface area contributed by atoms with Crippen LogP contribution in [-0.4, -0.2) is 30.5 Å². The zero-order valence-electron chi connectivity index (χ0n) is 19.4. The second-order valence-electron chi connectivity index (χ2n) is 8.41. The van der Waals surface area contributed by atoms with Gasteiger partial charge in [-0.2, -0.15) is 5.26 Å². The van der Waals surface area contributed by atoms with Gasteiger partial charge in [0.05, 0.1) is 36.3 Å². The molecular formula is C28H25N3O3S. The maximum Gasteiger partial charge on any atom is 0.229 e. The molecule has 0 saturated carbocycles. The van der Waals surface area contributed by atoms with Gasteiger partial charge in [-0.3, -0.25) is 9.69 Å². The van der Waals surface area contributed by atoms with Gasteiger partial charge in [0.2, 0.25) is 5.91 Å². The molecule has 7 heteroatoms. The van der Waals surface area contributed by atoms with Gasteiger partial charge in [-0.25, -0.2) is 0 Å². The lowest BCUT2D eigenvalue weighted by Gasteiger charge is -2.42. The summed E-state index contributed by atoms with van der Waals surface area (Å²) in [6, 6.07) is 27.9. The highest BCUT2D eigenvalue weighted by Gasteiger charge is 2.38. The Morgan fingerprint density at radius 1 is 1.03 bits per heavy atom. The fourth-order valence-corrected chi connectivity index (χ4v) is 5.53. The number of hydrogen-bond donors (Lipinski definition) is 0. The molecule has 35 heavy (non-hydrogen) atoms. The first-order valence-electron chi connectivity index (χ1n) is 11.4. The Balaban J connectivity index is 1.36. The number of hydrogen-bond acceptors (Lipinski definition) is 6. The molecule has 3 aromatic carbocycles. The average Bonchev–Trinajstić information content (AvgIpc) is 2.92. The monoisotopic (exact) mass is 483 g/mol. The number of allylic oxidation sites excluding steroid dienone is 1. The van der Waals surface area contributed by atoms with E-state index in [1.807, 2.05) is 78.9 Å². The van der Waals surface area contributed by atoms with E-state index >= 15 is 0 Å². The maximum absolute atomic E-state index is 13.2. The number of fused-ring (bicyclic) bond motifs is 1. The lowest BCUT2D eigenvalue weighted by atomic mass is 9.86. The molecule has 0 spiro atoms. The van der Waals surface area contributed by atoms with E-state index in [9.17, 15) is 10.1 Å². The van der Waals surface area contributed by atoms with Crippen LogP contribution in [0.4, 0.5) is 5.69 Å². The Bertz CT molecular complexity index is 1280. The molecule has 0 N–H and O–H groups in total. The Morgan fingerprint density at radius 2 is 1.83 bits per heavy atom. The number of methoxy groups -OCH3 is 1. The standard InChI is InChI=1S/C28H25N3O3S/c1-33-23-12-10-22(11-13-23)30-18-31-27(32)15-25(26(16-29)28(31)35-19-30)21-8-5-9-24(14-21)34-17-20-6-3-2-4-7-20/h2-14,25H,15,17-19H2,1H3/t25-/m1/s1. The number of thioether (sulfide) groups is 1. The molecule has 6 nitrogen and oxygen atoms in total. The van der Waals surface area contributed by atoms with E-state index in [0.717, 1.165) is 33.3 Å². The number of ether oxygens (including phenoxy) is 2. The molecule has 2 aliphatic rings. The van der Waals surface area contributed by atoms with Crippen molar-refractivity contribution >= 4 is 23.4 Å². The molecule has 3 aromatic rings. The van der Waals surface area contributed by atoms with Gasteiger partial charge in [0.25, 0.3) is 0 Å². The molecule has 0 aliphatic carbocycles. The van der Waals surface area contributed by atoms with Crippen LogP contribution in [0.1, 0.15) is 23.5 Å². The molecule has 0 unspecified atom stereocenters. The van der Waals surface area contributed by atoms with Crippen LogP contribution < -0.4 is 14.4 Å². The summed E-state index contributed by atoms with van der Waals surface area (Å²) in [6.07, 6.45) is 0.256. The van der Waals surface area contributed by atoms with Crippen LogP contribution in [0.5, 0.6) is 11.5 Å². The Morgan fingerprint density at radius 3 is 2.57 bits per heavy atom. The fraction of sp³-hybridized carbons (Fsp3) is 0.214. The highest BCUT2D eigenvalue weighted by Crippen LogP contribution is 2.43. The summed E-state index contributed by atoms with van der Waals surface area (Å²) in [5, 5.41) is 10.9. The van der Waals surface area contributed by atoms with Crippen LogP contribution >= 0.6 is 11.8 Å². The molecule has 1 amide bonds. The first kappa shape index (κ1) is 22.9. The van der Waals surface area contributed by atoms with Crippen molar-refractivity contribution in [3.63, 3.8) is 0 Å². The first-order valence-corrected chi connectivity index (χ1v) is 12.4. The smallest absolute Gasteiger partial charge is 0.229 e. The van der Waals surface area contributed by atoms with Crippen LogP contribution in [0.2, 0.25) is 0 Å². The van der Waals surface area contributed by atoms with E-state index in [1.165, 1.54) is 11.8 Å². The predicted molar refractivity (Wildman–Crippen MR) is 137 cm³/mol. The van der Waals surface area contributed by atoms with Gasteiger partial charge < -0.3 is 14.4 Å². The Kier molecular flexibility index (Phi) is 6.64. The normalized spacial score (nSPS) is 17.6. The van der Waals surface area contributed by atoms with Gasteiger partial charge in [-0.05, 0) is 47.5 Å². The van der Waals surface area contributed by atoms with Crippen LogP contribution in [0, 0.1) is 11.3 Å². The van der Waals surface area contributed by atoms with Crippen LogP contribution in [0.25, 0.3) is 0 Å². The number of amides is 1. The molecule has 1 atom stereocenters. The third kappa shape index (κ3) is 4.84. The topological polar surface area (TPSA) is 65.8 Å². The van der Waals surface area contributed by atoms with E-state index in [1.54, 1.807) is 12.0 Å². The lowest BCUT2D eigenvalue weighted by Crippen LogP contribution is -2.47. The van der Waals surface area contributed by atoms with Crippen molar-refractivity contribution in [3.05, 3.63) is 101 Å². The number of nitrogens with zero attached hydrogens (tertiary/aromatic N) is 3. The minimum atomic E-state index is -0.279. The Labute approximate surface area is 209 Å². The van der Waals surface area contributed by atoms with Crippen molar-refractivity contribution in [1.29, 1.82) is 5.26 Å². The highest BCUT2D eigenvalue weighted by atomic mass is 32.2. The molecule has 176 valence electrons. The third-order valence-corrected chi connectivity index (χ3v) is 7.39. The second-order valence-corrected chi connectivity index (χ2v) is 9.34. The second kappa shape index (κ2) is 10.2. The van der Waals surface area contributed by atoms with Crippen molar-refractivity contribution in [1.82, 2.24) is 4.90 Å². The van der Waals surface area contributed by atoms with Crippen molar-refractivity contribution in [2.24, 2.45) is 0 Å². The fourth-order valence-electron chi connectivity index (χ4n) is 4.37. The Hall–Kier alpha value is -3.89. The number of carbonyl (C=O) groups excluding carboxylic acids is 1. The average molecular weight is 484 g/mol. The van der Waals surface area contributed by atoms with E-state index in [4.69, 9.17) is 9.47 Å². The molecule has 1 fully saturated rings. The zero-order chi connectivity index (χ0) is 24.2. The largest absolute Gasteiger partial charge is 0.497 e. The van der Waals surface area contributed by atoms with Crippen molar-refractivity contribution in [3.8, 4) is 17.6 Å². The minimum absolute atomic E-state index is 0.0188. The first-order chi connectivity index (χ1) is 17.2. The maximum atomic E-state index is 13.2. The number of benzene rings is 3. The van der Waals surface area contributed by atoms with E-state index in [-0.39, 0.29) is 18.2 Å². The van der Waals surface area contributed by atoms with Gasteiger partial charge >= 0.3 is 0 Å². The van der Waals surface area contributed by atoms with Gasteiger partial charge in [0.15, 0.2) is 0 Å². The SMILES string of the molecule is COc1ccc(N2CSC3=C(C#N)[C@@H](c4cccc(OCc5ccccc5)c4)CC(=O)N3C2)cc1. The van der Waals surface area contributed by atoms with Crippen molar-refractivity contribution in [2.45, 2.75) is 18.9 Å². The summed E-state index contributed by atoms with van der Waals surface area (Å²) in [4.78, 5) is 17.1. The quantitative estimate of drug-likeness (QED) is 0.462. The molecular weight excluding hydrogens is 458 g/mol. The molecule has 0 bridgehead atoms. The molecule has 2 aliphatic heterocycles. The molecule has 0 aromatic heterocycles. The van der Waals surface area contributed by atoms with Gasteiger partial charge in [0, 0.05) is 18.0 Å². The van der Waals surface area contributed by atoms with Crippen LogP contribution in [0.15, 0.2) is 89.5 Å². The number of rotatable bonds is 6. The number of anilines is 1. The van der Waals surface area contributed by atoms with Crippen LogP contribution in [-0.2, 0) is 11.4 Å². The predicted octanol–water partition coefficient (Wildman–Crippen LogP) is 5.49. The molecule has 0 radical (unpaired) electrons. The summed E-state index contributed by atoms with van der Waals surface area (Å²) in [5.41, 5.74) is 3.66. The number of carbonyl (C=O) groups is 1.